The van der Waals surface area contributed by atoms with Crippen LogP contribution in [-0.4, -0.2) is 35.7 Å². The maximum atomic E-state index is 13.0. The van der Waals surface area contributed by atoms with Crippen LogP contribution in [0.1, 0.15) is 29.2 Å². The highest BCUT2D eigenvalue weighted by Crippen LogP contribution is 2.45. The molecular formula is C26H25N5O4. The van der Waals surface area contributed by atoms with Crippen molar-refractivity contribution in [3.63, 3.8) is 0 Å². The molecule has 1 heterocycles. The second-order valence-electron chi connectivity index (χ2n) is 8.06. The number of aliphatic imine (C=N–C) groups is 1. The van der Waals surface area contributed by atoms with Crippen LogP contribution in [-0.2, 0) is 16.0 Å². The monoisotopic (exact) mass is 471 g/mol. The van der Waals surface area contributed by atoms with Crippen LogP contribution in [0.15, 0.2) is 89.0 Å². The molecule has 3 N–H and O–H groups in total. The fraction of sp³-hybridized carbons (Fsp3) is 0.231. The first-order valence-electron chi connectivity index (χ1n) is 11.2. The summed E-state index contributed by atoms with van der Waals surface area (Å²) in [6.45, 7) is 0.450. The van der Waals surface area contributed by atoms with Gasteiger partial charge in [-0.05, 0) is 35.4 Å². The molecule has 2 atom stereocenters. The zero-order valence-corrected chi connectivity index (χ0v) is 18.9. The number of carbonyl (C=O) groups excluding carboxylic acids is 1. The standard InChI is InChI=1S/C26H25N5O4/c27-25(33)26(17-18-7-2-1-3-8-18)23(21-9-4-5-10-22(21)30-31-28)35-24(29-26)19-11-13-20(14-12-19)34-16-6-15-32/h1-5,7-14,23,32H,6,15-17H2,(H2,27,33)/t23-,26-/m1/s1. The number of aliphatic hydroxyl groups excluding tert-OH is 1. The summed E-state index contributed by atoms with van der Waals surface area (Å²) in [5, 5.41) is 12.7. The SMILES string of the molecule is [N-]=[N+]=Nc1ccccc1[C@H]1OC(c2ccc(OCCCO)cc2)=N[C@@]1(Cc1ccccc1)C(N)=O. The normalized spacial score (nSPS) is 18.8. The fourth-order valence-electron chi connectivity index (χ4n) is 4.04. The Hall–Kier alpha value is -4.33. The number of hydrogen-bond acceptors (Lipinski definition) is 6. The highest BCUT2D eigenvalue weighted by atomic mass is 16.5. The number of nitrogens with two attached hydrogens (primary N) is 1. The first-order chi connectivity index (χ1) is 17.1. The summed E-state index contributed by atoms with van der Waals surface area (Å²) in [5.74, 6) is 0.236. The van der Waals surface area contributed by atoms with E-state index < -0.39 is 17.6 Å². The van der Waals surface area contributed by atoms with Gasteiger partial charge >= 0.3 is 0 Å². The number of rotatable bonds is 10. The Labute approximate surface area is 202 Å². The minimum atomic E-state index is -1.46. The summed E-state index contributed by atoms with van der Waals surface area (Å²) in [6.07, 6.45) is -0.174. The number of benzene rings is 3. The van der Waals surface area contributed by atoms with Crippen molar-refractivity contribution < 1.29 is 19.4 Å². The predicted octanol–water partition coefficient (Wildman–Crippen LogP) is 4.37. The quantitative estimate of drug-likeness (QED) is 0.196. The van der Waals surface area contributed by atoms with E-state index in [2.05, 4.69) is 10.0 Å². The van der Waals surface area contributed by atoms with E-state index >= 15 is 0 Å². The molecule has 0 fully saturated rings. The molecule has 0 spiro atoms. The van der Waals surface area contributed by atoms with Gasteiger partial charge in [-0.15, -0.1) is 0 Å². The van der Waals surface area contributed by atoms with Crippen LogP contribution in [0.4, 0.5) is 5.69 Å². The number of aliphatic hydroxyl groups is 1. The maximum Gasteiger partial charge on any atom is 0.250 e. The molecule has 0 saturated heterocycles. The van der Waals surface area contributed by atoms with Crippen LogP contribution < -0.4 is 10.5 Å². The van der Waals surface area contributed by atoms with Gasteiger partial charge in [-0.3, -0.25) is 4.79 Å². The van der Waals surface area contributed by atoms with E-state index in [1.807, 2.05) is 30.3 Å². The lowest BCUT2D eigenvalue weighted by Crippen LogP contribution is -2.47. The van der Waals surface area contributed by atoms with Gasteiger partial charge in [0.15, 0.2) is 11.6 Å². The molecule has 0 aromatic heterocycles. The molecule has 0 radical (unpaired) electrons. The lowest BCUT2D eigenvalue weighted by molar-refractivity contribution is -0.125. The summed E-state index contributed by atoms with van der Waals surface area (Å²) in [5.41, 5.74) is 16.0. The molecule has 9 heteroatoms. The van der Waals surface area contributed by atoms with E-state index in [9.17, 15) is 4.79 Å². The van der Waals surface area contributed by atoms with E-state index in [0.29, 0.717) is 35.6 Å². The van der Waals surface area contributed by atoms with Gasteiger partial charge in [-0.2, -0.15) is 0 Å². The topological polar surface area (TPSA) is 143 Å². The number of hydrogen-bond donors (Lipinski definition) is 2. The summed E-state index contributed by atoms with van der Waals surface area (Å²) in [6, 6.07) is 23.4. The van der Waals surface area contributed by atoms with E-state index in [1.165, 1.54) is 0 Å². The Bertz CT molecular complexity index is 1260. The highest BCUT2D eigenvalue weighted by molar-refractivity contribution is 6.01. The van der Waals surface area contributed by atoms with E-state index in [-0.39, 0.29) is 18.9 Å². The molecule has 4 rings (SSSR count). The largest absolute Gasteiger partial charge is 0.494 e. The fourth-order valence-corrected chi connectivity index (χ4v) is 4.04. The van der Waals surface area contributed by atoms with Crippen molar-refractivity contribution in [1.29, 1.82) is 0 Å². The number of amides is 1. The first-order valence-corrected chi connectivity index (χ1v) is 11.2. The molecule has 0 aliphatic carbocycles. The molecular weight excluding hydrogens is 446 g/mol. The van der Waals surface area contributed by atoms with Crippen molar-refractivity contribution in [2.45, 2.75) is 24.5 Å². The van der Waals surface area contributed by atoms with E-state index in [1.54, 1.807) is 48.5 Å². The van der Waals surface area contributed by atoms with Gasteiger partial charge in [-0.25, -0.2) is 4.99 Å². The van der Waals surface area contributed by atoms with Crippen molar-refractivity contribution in [2.24, 2.45) is 15.8 Å². The second-order valence-corrected chi connectivity index (χ2v) is 8.06. The van der Waals surface area contributed by atoms with E-state index in [0.717, 1.165) is 5.56 Å². The summed E-state index contributed by atoms with van der Waals surface area (Å²) < 4.78 is 11.9. The Balaban J connectivity index is 1.77. The van der Waals surface area contributed by atoms with Gasteiger partial charge < -0.3 is 20.3 Å². The summed E-state index contributed by atoms with van der Waals surface area (Å²) in [7, 11) is 0. The summed E-state index contributed by atoms with van der Waals surface area (Å²) in [4.78, 5) is 20.7. The van der Waals surface area contributed by atoms with Gasteiger partial charge in [0.25, 0.3) is 0 Å². The minimum absolute atomic E-state index is 0.0536. The van der Waals surface area contributed by atoms with Gasteiger partial charge in [0.05, 0.1) is 6.61 Å². The number of primary amides is 1. The van der Waals surface area contributed by atoms with Crippen LogP contribution in [0, 0.1) is 0 Å². The molecule has 0 unspecified atom stereocenters. The van der Waals surface area contributed by atoms with E-state index in [4.69, 9.17) is 30.8 Å². The highest BCUT2D eigenvalue weighted by Gasteiger charge is 2.52. The molecule has 178 valence electrons. The zero-order chi connectivity index (χ0) is 24.7. The average Bonchev–Trinajstić information content (AvgIpc) is 3.26. The number of nitrogens with zero attached hydrogens (tertiary/aromatic N) is 4. The Morgan fingerprint density at radius 1 is 1.11 bits per heavy atom. The second kappa shape index (κ2) is 10.7. The molecule has 9 nitrogen and oxygen atoms in total. The third-order valence-electron chi connectivity index (χ3n) is 5.75. The van der Waals surface area contributed by atoms with Crippen LogP contribution in [0.5, 0.6) is 5.75 Å². The Kier molecular flexibility index (Phi) is 7.30. The number of carbonyl (C=O) groups is 1. The van der Waals surface area contributed by atoms with Gasteiger partial charge in [0.1, 0.15) is 5.75 Å². The van der Waals surface area contributed by atoms with Crippen molar-refractivity contribution in [3.05, 3.63) is 106 Å². The molecule has 0 bridgehead atoms. The van der Waals surface area contributed by atoms with Crippen LogP contribution in [0.3, 0.4) is 0 Å². The zero-order valence-electron chi connectivity index (χ0n) is 18.9. The minimum Gasteiger partial charge on any atom is -0.494 e. The van der Waals surface area contributed by atoms with Crippen LogP contribution >= 0.6 is 0 Å². The van der Waals surface area contributed by atoms with Crippen molar-refractivity contribution in [2.75, 3.05) is 13.2 Å². The molecule has 3 aromatic rings. The predicted molar refractivity (Wildman–Crippen MR) is 131 cm³/mol. The van der Waals surface area contributed by atoms with Crippen LogP contribution in [0.2, 0.25) is 0 Å². The smallest absolute Gasteiger partial charge is 0.250 e. The maximum absolute atomic E-state index is 13.0. The Morgan fingerprint density at radius 3 is 2.51 bits per heavy atom. The third kappa shape index (κ3) is 5.11. The third-order valence-corrected chi connectivity index (χ3v) is 5.75. The lowest BCUT2D eigenvalue weighted by atomic mass is 9.82. The van der Waals surface area contributed by atoms with Crippen molar-refractivity contribution >= 4 is 17.5 Å². The number of ether oxygens (including phenoxy) is 2. The number of azide groups is 1. The van der Waals surface area contributed by atoms with Gasteiger partial charge in [0, 0.05) is 41.2 Å². The Morgan fingerprint density at radius 2 is 1.83 bits per heavy atom. The molecule has 35 heavy (non-hydrogen) atoms. The summed E-state index contributed by atoms with van der Waals surface area (Å²) >= 11 is 0. The molecule has 1 aliphatic rings. The van der Waals surface area contributed by atoms with Gasteiger partial charge in [0.2, 0.25) is 11.8 Å². The van der Waals surface area contributed by atoms with Crippen molar-refractivity contribution in [3.8, 4) is 5.75 Å². The van der Waals surface area contributed by atoms with Gasteiger partial charge in [-0.1, -0.05) is 59.7 Å². The molecule has 3 aromatic carbocycles. The first kappa shape index (κ1) is 23.8. The molecule has 1 amide bonds. The molecule has 0 saturated carbocycles. The molecule has 1 aliphatic heterocycles. The van der Waals surface area contributed by atoms with Crippen molar-refractivity contribution in [1.82, 2.24) is 0 Å². The lowest BCUT2D eigenvalue weighted by Gasteiger charge is -2.29. The average molecular weight is 472 g/mol. The van der Waals surface area contributed by atoms with Crippen LogP contribution in [0.25, 0.3) is 10.4 Å².